The van der Waals surface area contributed by atoms with Gasteiger partial charge in [-0.2, -0.15) is 0 Å². The van der Waals surface area contributed by atoms with E-state index in [0.717, 1.165) is 17.8 Å². The lowest BCUT2D eigenvalue weighted by molar-refractivity contribution is -0.138. The van der Waals surface area contributed by atoms with Crippen molar-refractivity contribution in [2.45, 2.75) is 33.6 Å². The first-order valence-electron chi connectivity index (χ1n) is 7.52. The first kappa shape index (κ1) is 12.9. The molecule has 2 aliphatic carbocycles. The van der Waals surface area contributed by atoms with Crippen molar-refractivity contribution in [2.75, 3.05) is 6.54 Å². The number of carbonyl (C=O) groups excluding carboxylic acids is 2. The maximum absolute atomic E-state index is 11.7. The van der Waals surface area contributed by atoms with Crippen LogP contribution in [0.3, 0.4) is 0 Å². The van der Waals surface area contributed by atoms with Crippen LogP contribution in [0.2, 0.25) is 0 Å². The van der Waals surface area contributed by atoms with Crippen molar-refractivity contribution in [3.05, 3.63) is 12.2 Å². The number of carbonyl (C=O) groups is 2. The molecule has 3 aliphatic rings. The standard InChI is InChI=1S/C16H23NO2/c1-9(2)16-10(3)11-6-12(13(16)7-11)8-17-14(18)4-5-15(17)19/h4-5,9-13,16H,6-8H2,1-3H3. The Bertz CT molecular complexity index is 422. The van der Waals surface area contributed by atoms with Crippen molar-refractivity contribution in [1.82, 2.24) is 4.90 Å². The van der Waals surface area contributed by atoms with Gasteiger partial charge in [0.15, 0.2) is 0 Å². The van der Waals surface area contributed by atoms with Crippen LogP contribution in [0.15, 0.2) is 12.2 Å². The number of hydrogen-bond acceptors (Lipinski definition) is 2. The molecule has 0 saturated heterocycles. The lowest BCUT2D eigenvalue weighted by atomic mass is 9.70. The summed E-state index contributed by atoms with van der Waals surface area (Å²) in [5, 5.41) is 0. The van der Waals surface area contributed by atoms with Crippen LogP contribution in [0.5, 0.6) is 0 Å². The molecule has 0 spiro atoms. The minimum absolute atomic E-state index is 0.123. The lowest BCUT2D eigenvalue weighted by Gasteiger charge is -2.37. The first-order chi connectivity index (χ1) is 8.99. The van der Waals surface area contributed by atoms with Gasteiger partial charge in [-0.3, -0.25) is 14.5 Å². The molecule has 0 radical (unpaired) electrons. The Morgan fingerprint density at radius 3 is 2.37 bits per heavy atom. The van der Waals surface area contributed by atoms with Crippen LogP contribution in [0.4, 0.5) is 0 Å². The maximum Gasteiger partial charge on any atom is 0.253 e. The Balaban J connectivity index is 1.71. The van der Waals surface area contributed by atoms with Crippen molar-refractivity contribution >= 4 is 11.8 Å². The van der Waals surface area contributed by atoms with E-state index in [1.165, 1.54) is 29.9 Å². The van der Waals surface area contributed by atoms with E-state index < -0.39 is 0 Å². The van der Waals surface area contributed by atoms with E-state index >= 15 is 0 Å². The molecule has 3 heteroatoms. The van der Waals surface area contributed by atoms with Crippen molar-refractivity contribution in [3.63, 3.8) is 0 Å². The van der Waals surface area contributed by atoms with Gasteiger partial charge in [0.2, 0.25) is 0 Å². The number of nitrogens with zero attached hydrogens (tertiary/aromatic N) is 1. The van der Waals surface area contributed by atoms with Crippen LogP contribution in [0, 0.1) is 35.5 Å². The highest BCUT2D eigenvalue weighted by molar-refractivity contribution is 6.12. The van der Waals surface area contributed by atoms with E-state index in [0.29, 0.717) is 24.3 Å². The van der Waals surface area contributed by atoms with Gasteiger partial charge in [0.25, 0.3) is 11.8 Å². The van der Waals surface area contributed by atoms with Crippen molar-refractivity contribution in [2.24, 2.45) is 35.5 Å². The van der Waals surface area contributed by atoms with Gasteiger partial charge >= 0.3 is 0 Å². The summed E-state index contributed by atoms with van der Waals surface area (Å²) >= 11 is 0. The molecule has 104 valence electrons. The van der Waals surface area contributed by atoms with E-state index in [9.17, 15) is 9.59 Å². The van der Waals surface area contributed by atoms with Crippen LogP contribution in [-0.2, 0) is 9.59 Å². The lowest BCUT2D eigenvalue weighted by Crippen LogP contribution is -2.40. The van der Waals surface area contributed by atoms with E-state index in [4.69, 9.17) is 0 Å². The first-order valence-corrected chi connectivity index (χ1v) is 7.52. The SMILES string of the molecule is CC(C)C1C(C)C2CC(CN3C(=O)C=CC3=O)C1C2. The zero-order chi connectivity index (χ0) is 13.7. The summed E-state index contributed by atoms with van der Waals surface area (Å²) in [6.07, 6.45) is 5.31. The predicted molar refractivity (Wildman–Crippen MR) is 73.1 cm³/mol. The highest BCUT2D eigenvalue weighted by Gasteiger charge is 2.52. The summed E-state index contributed by atoms with van der Waals surface area (Å²) in [7, 11) is 0. The van der Waals surface area contributed by atoms with Crippen LogP contribution in [-0.4, -0.2) is 23.3 Å². The second-order valence-electron chi connectivity index (χ2n) is 6.96. The average Bonchev–Trinajstić information content (AvgIpc) is 2.97. The average molecular weight is 261 g/mol. The van der Waals surface area contributed by atoms with Crippen LogP contribution < -0.4 is 0 Å². The molecule has 1 heterocycles. The molecule has 0 aromatic rings. The molecule has 0 aromatic carbocycles. The van der Waals surface area contributed by atoms with E-state index in [-0.39, 0.29) is 11.8 Å². The van der Waals surface area contributed by atoms with Crippen LogP contribution in [0.25, 0.3) is 0 Å². The number of amides is 2. The summed E-state index contributed by atoms with van der Waals surface area (Å²) < 4.78 is 0. The highest BCUT2D eigenvalue weighted by Crippen LogP contribution is 2.57. The normalized spacial score (nSPS) is 41.1. The Kier molecular flexibility index (Phi) is 3.03. The number of rotatable bonds is 3. The molecular formula is C16H23NO2. The van der Waals surface area contributed by atoms with Gasteiger partial charge in [0.1, 0.15) is 0 Å². The quantitative estimate of drug-likeness (QED) is 0.732. The second-order valence-corrected chi connectivity index (χ2v) is 6.96. The molecule has 3 rings (SSSR count). The van der Waals surface area contributed by atoms with Crippen LogP contribution >= 0.6 is 0 Å². The molecule has 2 saturated carbocycles. The van der Waals surface area contributed by atoms with Gasteiger partial charge in [0, 0.05) is 18.7 Å². The summed E-state index contributed by atoms with van der Waals surface area (Å²) in [4.78, 5) is 24.8. The van der Waals surface area contributed by atoms with E-state index in [1.54, 1.807) is 0 Å². The van der Waals surface area contributed by atoms with E-state index in [2.05, 4.69) is 20.8 Å². The van der Waals surface area contributed by atoms with Crippen molar-refractivity contribution in [3.8, 4) is 0 Å². The van der Waals surface area contributed by atoms with Gasteiger partial charge in [-0.25, -0.2) is 0 Å². The summed E-state index contributed by atoms with van der Waals surface area (Å²) in [6, 6.07) is 0. The molecular weight excluding hydrogens is 238 g/mol. The molecule has 0 aromatic heterocycles. The fraction of sp³-hybridized carbons (Fsp3) is 0.750. The van der Waals surface area contributed by atoms with Gasteiger partial charge in [-0.05, 0) is 48.3 Å². The number of fused-ring (bicyclic) bond motifs is 2. The Hall–Kier alpha value is -1.12. The molecule has 5 unspecified atom stereocenters. The molecule has 2 fully saturated rings. The number of imide groups is 1. The van der Waals surface area contributed by atoms with Crippen molar-refractivity contribution in [1.29, 1.82) is 0 Å². The minimum Gasteiger partial charge on any atom is -0.275 e. The fourth-order valence-corrected chi connectivity index (χ4v) is 4.96. The largest absolute Gasteiger partial charge is 0.275 e. The second kappa shape index (κ2) is 4.46. The molecule has 3 nitrogen and oxygen atoms in total. The third-order valence-electron chi connectivity index (χ3n) is 5.72. The van der Waals surface area contributed by atoms with Gasteiger partial charge in [-0.1, -0.05) is 20.8 Å². The highest BCUT2D eigenvalue weighted by atomic mass is 16.2. The third-order valence-corrected chi connectivity index (χ3v) is 5.72. The Morgan fingerprint density at radius 1 is 1.21 bits per heavy atom. The zero-order valence-electron chi connectivity index (χ0n) is 12.0. The predicted octanol–water partition coefficient (Wildman–Crippen LogP) is 2.48. The van der Waals surface area contributed by atoms with Gasteiger partial charge in [0.05, 0.1) is 0 Å². The molecule has 0 N–H and O–H groups in total. The molecule has 1 aliphatic heterocycles. The van der Waals surface area contributed by atoms with Gasteiger partial charge < -0.3 is 0 Å². The van der Waals surface area contributed by atoms with Crippen molar-refractivity contribution < 1.29 is 9.59 Å². The van der Waals surface area contributed by atoms with Crippen LogP contribution in [0.1, 0.15) is 33.6 Å². The zero-order valence-corrected chi connectivity index (χ0v) is 12.0. The smallest absolute Gasteiger partial charge is 0.253 e. The summed E-state index contributed by atoms with van der Waals surface area (Å²) in [5.41, 5.74) is 0. The number of hydrogen-bond donors (Lipinski definition) is 0. The van der Waals surface area contributed by atoms with Gasteiger partial charge in [-0.15, -0.1) is 0 Å². The minimum atomic E-state index is -0.123. The Labute approximate surface area is 115 Å². The van der Waals surface area contributed by atoms with E-state index in [1.807, 2.05) is 0 Å². The molecule has 2 amide bonds. The molecule has 19 heavy (non-hydrogen) atoms. The molecule has 2 bridgehead atoms. The fourth-order valence-electron chi connectivity index (χ4n) is 4.96. The topological polar surface area (TPSA) is 37.4 Å². The summed E-state index contributed by atoms with van der Waals surface area (Å²) in [5.74, 6) is 4.08. The molecule has 5 atom stereocenters. The third kappa shape index (κ3) is 1.94. The Morgan fingerprint density at radius 2 is 1.84 bits per heavy atom. The monoisotopic (exact) mass is 261 g/mol. The summed E-state index contributed by atoms with van der Waals surface area (Å²) in [6.45, 7) is 7.65. The maximum atomic E-state index is 11.7.